The maximum Gasteiger partial charge on any atom is 0.130 e. The number of benzene rings is 2. The summed E-state index contributed by atoms with van der Waals surface area (Å²) in [5, 5.41) is 10.2. The van der Waals surface area contributed by atoms with Crippen molar-refractivity contribution in [2.24, 2.45) is 0 Å². The lowest BCUT2D eigenvalue weighted by Crippen LogP contribution is -2.02. The molecule has 148 valence electrons. The van der Waals surface area contributed by atoms with Crippen LogP contribution in [0.5, 0.6) is 0 Å². The van der Waals surface area contributed by atoms with E-state index in [9.17, 15) is 0 Å². The van der Waals surface area contributed by atoms with Crippen molar-refractivity contribution in [3.8, 4) is 0 Å². The summed E-state index contributed by atoms with van der Waals surface area (Å²) < 4.78 is 0. The van der Waals surface area contributed by atoms with Gasteiger partial charge in [0.25, 0.3) is 0 Å². The van der Waals surface area contributed by atoms with E-state index in [0.717, 1.165) is 44.0 Å². The molecule has 0 unspecified atom stereocenters. The topological polar surface area (TPSA) is 114 Å². The summed E-state index contributed by atoms with van der Waals surface area (Å²) in [6.07, 6.45) is 3.36. The summed E-state index contributed by atoms with van der Waals surface area (Å²) in [5.74, 6) is 1.25. The second-order valence-electron chi connectivity index (χ2n) is 6.85. The minimum Gasteiger partial charge on any atom is -0.397 e. The predicted octanol–water partition coefficient (Wildman–Crippen LogP) is 5.34. The first-order chi connectivity index (χ1) is 14.6. The monoisotopic (exact) mass is 413 g/mol. The zero-order valence-corrected chi connectivity index (χ0v) is 16.7. The largest absolute Gasteiger partial charge is 0.397 e. The molecule has 7 N–H and O–H groups in total. The van der Waals surface area contributed by atoms with E-state index < -0.39 is 0 Å². The Morgan fingerprint density at radius 1 is 0.700 bits per heavy atom. The summed E-state index contributed by atoms with van der Waals surface area (Å²) >= 11 is 1.73. The van der Waals surface area contributed by atoms with Gasteiger partial charge in [-0.3, -0.25) is 0 Å². The van der Waals surface area contributed by atoms with E-state index in [1.54, 1.807) is 30.2 Å². The average molecular weight is 414 g/mol. The Morgan fingerprint density at radius 3 is 2.33 bits per heavy atom. The van der Waals surface area contributed by atoms with Gasteiger partial charge in [0.2, 0.25) is 0 Å². The smallest absolute Gasteiger partial charge is 0.130 e. The highest BCUT2D eigenvalue weighted by Gasteiger charge is 2.17. The van der Waals surface area contributed by atoms with Crippen molar-refractivity contribution in [3.05, 3.63) is 73.1 Å². The van der Waals surface area contributed by atoms with Gasteiger partial charge in [0, 0.05) is 21.2 Å². The molecule has 8 heteroatoms. The van der Waals surface area contributed by atoms with E-state index in [1.807, 2.05) is 30.3 Å². The van der Waals surface area contributed by atoms with Crippen LogP contribution < -0.4 is 27.4 Å². The van der Waals surface area contributed by atoms with E-state index in [0.29, 0.717) is 11.5 Å². The molecule has 30 heavy (non-hydrogen) atoms. The number of nitrogens with two attached hydrogens (primary N) is 2. The van der Waals surface area contributed by atoms with Crippen LogP contribution in [0.3, 0.4) is 0 Å². The molecule has 1 aliphatic rings. The highest BCUT2D eigenvalue weighted by molar-refractivity contribution is 7.99. The van der Waals surface area contributed by atoms with Gasteiger partial charge in [-0.2, -0.15) is 0 Å². The zero-order valence-electron chi connectivity index (χ0n) is 15.9. The number of fused-ring (bicyclic) bond motifs is 2. The summed E-state index contributed by atoms with van der Waals surface area (Å²) in [4.78, 5) is 10.7. The van der Waals surface area contributed by atoms with Crippen molar-refractivity contribution >= 4 is 57.5 Å². The first kappa shape index (κ1) is 18.1. The molecule has 2 aromatic heterocycles. The van der Waals surface area contributed by atoms with Gasteiger partial charge in [-0.05, 0) is 60.7 Å². The van der Waals surface area contributed by atoms with E-state index in [1.165, 1.54) is 0 Å². The third-order valence-corrected chi connectivity index (χ3v) is 5.72. The second-order valence-corrected chi connectivity index (χ2v) is 7.93. The zero-order chi connectivity index (χ0) is 20.5. The molecule has 5 rings (SSSR count). The summed E-state index contributed by atoms with van der Waals surface area (Å²) in [5.41, 5.74) is 17.0. The summed E-state index contributed by atoms with van der Waals surface area (Å²) in [7, 11) is 0. The highest BCUT2D eigenvalue weighted by Crippen LogP contribution is 2.46. The van der Waals surface area contributed by atoms with Gasteiger partial charge >= 0.3 is 0 Å². The van der Waals surface area contributed by atoms with Crippen molar-refractivity contribution in [2.75, 3.05) is 27.4 Å². The molecule has 0 fully saturated rings. The number of pyridine rings is 2. The minimum absolute atomic E-state index is 0.503. The van der Waals surface area contributed by atoms with Gasteiger partial charge in [-0.25, -0.2) is 9.97 Å². The molecule has 4 aromatic rings. The highest BCUT2D eigenvalue weighted by atomic mass is 32.2. The third kappa shape index (κ3) is 3.81. The Labute approximate surface area is 177 Å². The van der Waals surface area contributed by atoms with Gasteiger partial charge in [0.15, 0.2) is 0 Å². The quantitative estimate of drug-likeness (QED) is 0.268. The first-order valence-electron chi connectivity index (χ1n) is 9.32. The van der Waals surface area contributed by atoms with Crippen LogP contribution in [0, 0.1) is 0 Å². The summed E-state index contributed by atoms with van der Waals surface area (Å²) in [6.45, 7) is 0. The molecular formula is C22H19N7S. The van der Waals surface area contributed by atoms with E-state index >= 15 is 0 Å². The van der Waals surface area contributed by atoms with Gasteiger partial charge in [-0.1, -0.05) is 11.8 Å². The van der Waals surface area contributed by atoms with Crippen LogP contribution in [-0.4, -0.2) is 9.97 Å². The maximum atomic E-state index is 5.70. The minimum atomic E-state index is 0.503. The van der Waals surface area contributed by atoms with Crippen molar-refractivity contribution in [1.29, 1.82) is 0 Å². The number of aromatic nitrogens is 2. The number of hydrogen-bond donors (Lipinski definition) is 5. The molecule has 0 spiro atoms. The molecule has 1 aliphatic heterocycles. The molecule has 0 saturated heterocycles. The number of nitrogens with one attached hydrogen (secondary N) is 3. The molecule has 0 aliphatic carbocycles. The Morgan fingerprint density at radius 2 is 1.53 bits per heavy atom. The van der Waals surface area contributed by atoms with Crippen molar-refractivity contribution in [1.82, 2.24) is 9.97 Å². The van der Waals surface area contributed by atoms with Crippen molar-refractivity contribution < 1.29 is 0 Å². The number of rotatable bonds is 4. The van der Waals surface area contributed by atoms with Crippen LogP contribution in [-0.2, 0) is 0 Å². The SMILES string of the molecule is Nc1ccc(Nc2ccc3c(c2)Nc2ccc(Nc4ccc(N)nc4)cc2S3)nc1. The average Bonchev–Trinajstić information content (AvgIpc) is 2.75. The molecular weight excluding hydrogens is 394 g/mol. The molecule has 7 nitrogen and oxygen atoms in total. The molecule has 0 saturated carbocycles. The van der Waals surface area contributed by atoms with Crippen LogP contribution in [0.25, 0.3) is 0 Å². The standard InChI is InChI=1S/C22H19N7S/c23-13-1-8-22(26-11-13)28-14-3-6-19-18(9-14)29-17-5-2-15(10-20(17)30-19)27-16-4-7-21(24)25-12-16/h1-12,27,29H,23H2,(H2,24,25)(H,26,28). The van der Waals surface area contributed by atoms with E-state index in [-0.39, 0.29) is 0 Å². The lowest BCUT2D eigenvalue weighted by atomic mass is 10.2. The lowest BCUT2D eigenvalue weighted by molar-refractivity contribution is 1.29. The number of anilines is 8. The van der Waals surface area contributed by atoms with Crippen molar-refractivity contribution in [2.45, 2.75) is 9.79 Å². The maximum absolute atomic E-state index is 5.70. The van der Waals surface area contributed by atoms with E-state index in [4.69, 9.17) is 11.5 Å². The van der Waals surface area contributed by atoms with Gasteiger partial charge < -0.3 is 27.4 Å². The third-order valence-electron chi connectivity index (χ3n) is 4.58. The van der Waals surface area contributed by atoms with Crippen LogP contribution in [0.1, 0.15) is 0 Å². The Bertz CT molecular complexity index is 1110. The number of nitrogens with zero attached hydrogens (tertiary/aromatic N) is 2. The normalized spacial score (nSPS) is 11.7. The first-order valence-corrected chi connectivity index (χ1v) is 10.1. The Hall–Kier alpha value is -3.91. The molecule has 0 bridgehead atoms. The van der Waals surface area contributed by atoms with Crippen LogP contribution >= 0.6 is 11.8 Å². The molecule has 3 heterocycles. The molecule has 0 amide bonds. The Kier molecular flexibility index (Phi) is 4.53. The fourth-order valence-corrected chi connectivity index (χ4v) is 4.13. The number of nitrogen functional groups attached to an aromatic ring is 2. The van der Waals surface area contributed by atoms with Crippen molar-refractivity contribution in [3.63, 3.8) is 0 Å². The van der Waals surface area contributed by atoms with Gasteiger partial charge in [0.1, 0.15) is 11.6 Å². The van der Waals surface area contributed by atoms with Crippen LogP contribution in [0.4, 0.5) is 45.8 Å². The fraction of sp³-hybridized carbons (Fsp3) is 0. The van der Waals surface area contributed by atoms with Gasteiger partial charge in [0.05, 0.1) is 35.1 Å². The van der Waals surface area contributed by atoms with Gasteiger partial charge in [-0.15, -0.1) is 0 Å². The van der Waals surface area contributed by atoms with Crippen LogP contribution in [0.15, 0.2) is 82.8 Å². The van der Waals surface area contributed by atoms with Crippen LogP contribution in [0.2, 0.25) is 0 Å². The number of hydrogen-bond acceptors (Lipinski definition) is 8. The Balaban J connectivity index is 1.34. The molecule has 0 radical (unpaired) electrons. The predicted molar refractivity (Wildman–Crippen MR) is 124 cm³/mol. The molecule has 0 atom stereocenters. The molecule has 2 aromatic carbocycles. The fourth-order valence-electron chi connectivity index (χ4n) is 3.12. The van der Waals surface area contributed by atoms with E-state index in [2.05, 4.69) is 50.2 Å². The summed E-state index contributed by atoms with van der Waals surface area (Å²) in [6, 6.07) is 19.8. The lowest BCUT2D eigenvalue weighted by Gasteiger charge is -2.22. The second kappa shape index (κ2) is 7.49.